The second-order valence-corrected chi connectivity index (χ2v) is 4.75. The molecule has 3 N–H and O–H groups in total. The number of anilines is 1. The van der Waals surface area contributed by atoms with E-state index in [0.717, 1.165) is 40.1 Å². The van der Waals surface area contributed by atoms with Gasteiger partial charge in [0, 0.05) is 35.8 Å². The first-order valence-corrected chi connectivity index (χ1v) is 6.50. The third-order valence-corrected chi connectivity index (χ3v) is 3.43. The summed E-state index contributed by atoms with van der Waals surface area (Å²) in [7, 11) is 0. The zero-order chi connectivity index (χ0) is 13.4. The lowest BCUT2D eigenvalue weighted by molar-refractivity contribution is 1.05. The van der Waals surface area contributed by atoms with Crippen LogP contribution in [0.5, 0.6) is 0 Å². The van der Waals surface area contributed by atoms with E-state index in [0.29, 0.717) is 5.02 Å². The lowest BCUT2D eigenvalue weighted by Gasteiger charge is -2.11. The molecule has 0 aliphatic carbocycles. The molecule has 0 bridgehead atoms. The van der Waals surface area contributed by atoms with E-state index in [4.69, 9.17) is 11.6 Å². The molecule has 0 spiro atoms. The molecule has 3 rings (SSSR count). The molecule has 0 amide bonds. The van der Waals surface area contributed by atoms with Crippen LogP contribution in [-0.2, 0) is 0 Å². The standard InChI is InChI=1S/C13H14ClN5/c1-3-15-12-9(8-5-18-19-7(8)2)4-16-13-11(12)10(14)6-17-13/h4-6H,3H2,1-2H3,(H,18,19)(H2,15,16,17). The maximum absolute atomic E-state index is 6.25. The Balaban J connectivity index is 2.32. The van der Waals surface area contributed by atoms with Crippen molar-refractivity contribution < 1.29 is 0 Å². The van der Waals surface area contributed by atoms with Crippen molar-refractivity contribution in [3.8, 4) is 11.1 Å². The molecular weight excluding hydrogens is 262 g/mol. The van der Waals surface area contributed by atoms with Gasteiger partial charge in [-0.25, -0.2) is 4.98 Å². The Labute approximate surface area is 115 Å². The van der Waals surface area contributed by atoms with Crippen molar-refractivity contribution in [1.82, 2.24) is 20.2 Å². The molecule has 6 heteroatoms. The van der Waals surface area contributed by atoms with Crippen molar-refractivity contribution in [2.45, 2.75) is 13.8 Å². The molecule has 98 valence electrons. The van der Waals surface area contributed by atoms with Gasteiger partial charge in [0.25, 0.3) is 0 Å². The molecule has 0 aromatic carbocycles. The number of aryl methyl sites for hydroxylation is 1. The van der Waals surface area contributed by atoms with Gasteiger partial charge in [0.15, 0.2) is 0 Å². The quantitative estimate of drug-likeness (QED) is 0.686. The molecule has 3 aromatic rings. The molecule has 0 radical (unpaired) electrons. The number of H-pyrrole nitrogens is 2. The zero-order valence-electron chi connectivity index (χ0n) is 10.7. The van der Waals surface area contributed by atoms with Crippen LogP contribution in [0.25, 0.3) is 22.2 Å². The zero-order valence-corrected chi connectivity index (χ0v) is 11.5. The number of nitrogens with zero attached hydrogens (tertiary/aromatic N) is 2. The number of hydrogen-bond acceptors (Lipinski definition) is 3. The minimum absolute atomic E-state index is 0.668. The van der Waals surface area contributed by atoms with Crippen LogP contribution < -0.4 is 5.32 Å². The monoisotopic (exact) mass is 275 g/mol. The van der Waals surface area contributed by atoms with E-state index >= 15 is 0 Å². The minimum Gasteiger partial charge on any atom is -0.384 e. The predicted molar refractivity (Wildman–Crippen MR) is 77.6 cm³/mol. The number of nitrogens with one attached hydrogen (secondary N) is 3. The van der Waals surface area contributed by atoms with Crippen molar-refractivity contribution in [2.24, 2.45) is 0 Å². The van der Waals surface area contributed by atoms with Gasteiger partial charge in [0.05, 0.1) is 22.3 Å². The van der Waals surface area contributed by atoms with Gasteiger partial charge >= 0.3 is 0 Å². The summed E-state index contributed by atoms with van der Waals surface area (Å²) >= 11 is 6.25. The first kappa shape index (κ1) is 12.0. The first-order chi connectivity index (χ1) is 9.22. The summed E-state index contributed by atoms with van der Waals surface area (Å²) in [6.45, 7) is 4.85. The molecule has 0 saturated heterocycles. The summed E-state index contributed by atoms with van der Waals surface area (Å²) < 4.78 is 0. The summed E-state index contributed by atoms with van der Waals surface area (Å²) in [5, 5.41) is 12.0. The van der Waals surface area contributed by atoms with Crippen molar-refractivity contribution in [2.75, 3.05) is 11.9 Å². The highest BCUT2D eigenvalue weighted by atomic mass is 35.5. The Bertz CT molecular complexity index is 728. The van der Waals surface area contributed by atoms with Crippen LogP contribution in [0.4, 0.5) is 5.69 Å². The number of rotatable bonds is 3. The van der Waals surface area contributed by atoms with Gasteiger partial charge in [0.2, 0.25) is 0 Å². The fourth-order valence-corrected chi connectivity index (χ4v) is 2.48. The average molecular weight is 276 g/mol. The van der Waals surface area contributed by atoms with Gasteiger partial charge in [-0.3, -0.25) is 5.10 Å². The Morgan fingerprint density at radius 3 is 2.84 bits per heavy atom. The van der Waals surface area contributed by atoms with Crippen LogP contribution in [0, 0.1) is 6.92 Å². The Hall–Kier alpha value is -2.01. The van der Waals surface area contributed by atoms with Gasteiger partial charge in [-0.15, -0.1) is 0 Å². The number of aromatic nitrogens is 4. The van der Waals surface area contributed by atoms with E-state index in [1.165, 1.54) is 0 Å². The summed E-state index contributed by atoms with van der Waals surface area (Å²) in [6, 6.07) is 0. The minimum atomic E-state index is 0.668. The molecule has 0 aliphatic heterocycles. The molecule has 3 heterocycles. The van der Waals surface area contributed by atoms with E-state index in [1.54, 1.807) is 12.4 Å². The van der Waals surface area contributed by atoms with Gasteiger partial charge in [-0.2, -0.15) is 5.10 Å². The lowest BCUT2D eigenvalue weighted by Crippen LogP contribution is -2.00. The van der Waals surface area contributed by atoms with Crippen molar-refractivity contribution in [3.63, 3.8) is 0 Å². The van der Waals surface area contributed by atoms with Gasteiger partial charge in [-0.05, 0) is 13.8 Å². The maximum Gasteiger partial charge on any atom is 0.140 e. The average Bonchev–Trinajstić information content (AvgIpc) is 2.97. The second kappa shape index (κ2) is 4.59. The largest absolute Gasteiger partial charge is 0.384 e. The van der Waals surface area contributed by atoms with Crippen LogP contribution in [0.15, 0.2) is 18.6 Å². The van der Waals surface area contributed by atoms with E-state index in [-0.39, 0.29) is 0 Å². The van der Waals surface area contributed by atoms with E-state index in [2.05, 4.69) is 32.4 Å². The number of halogens is 1. The molecule has 0 saturated carbocycles. The van der Waals surface area contributed by atoms with Crippen molar-refractivity contribution in [1.29, 1.82) is 0 Å². The van der Waals surface area contributed by atoms with Crippen molar-refractivity contribution in [3.05, 3.63) is 29.3 Å². The summed E-state index contributed by atoms with van der Waals surface area (Å²) in [6.07, 6.45) is 5.40. The normalized spacial score (nSPS) is 11.1. The SMILES string of the molecule is CCNc1c(-c2cn[nH]c2C)cnc2[nH]cc(Cl)c12. The fourth-order valence-electron chi connectivity index (χ4n) is 2.24. The van der Waals surface area contributed by atoms with Gasteiger partial charge in [0.1, 0.15) is 5.65 Å². The Morgan fingerprint density at radius 1 is 1.32 bits per heavy atom. The van der Waals surface area contributed by atoms with Gasteiger partial charge in [-0.1, -0.05) is 11.6 Å². The smallest absolute Gasteiger partial charge is 0.140 e. The molecule has 0 atom stereocenters. The third-order valence-electron chi connectivity index (χ3n) is 3.13. The van der Waals surface area contributed by atoms with Gasteiger partial charge < -0.3 is 10.3 Å². The van der Waals surface area contributed by atoms with E-state index in [1.807, 2.05) is 13.1 Å². The third kappa shape index (κ3) is 1.86. The number of hydrogen-bond donors (Lipinski definition) is 3. The predicted octanol–water partition coefficient (Wildman–Crippen LogP) is 3.35. The second-order valence-electron chi connectivity index (χ2n) is 4.35. The van der Waals surface area contributed by atoms with Crippen LogP contribution in [-0.4, -0.2) is 26.7 Å². The fraction of sp³-hybridized carbons (Fsp3) is 0.231. The Morgan fingerprint density at radius 2 is 2.16 bits per heavy atom. The highest BCUT2D eigenvalue weighted by Crippen LogP contribution is 2.37. The summed E-state index contributed by atoms with van der Waals surface area (Å²) in [4.78, 5) is 7.49. The highest BCUT2D eigenvalue weighted by molar-refractivity contribution is 6.36. The maximum atomic E-state index is 6.25. The molecule has 3 aromatic heterocycles. The number of fused-ring (bicyclic) bond motifs is 1. The van der Waals surface area contributed by atoms with Crippen LogP contribution in [0.2, 0.25) is 5.02 Å². The molecule has 0 unspecified atom stereocenters. The van der Waals surface area contributed by atoms with Crippen LogP contribution >= 0.6 is 11.6 Å². The van der Waals surface area contributed by atoms with E-state index < -0.39 is 0 Å². The summed E-state index contributed by atoms with van der Waals surface area (Å²) in [5.74, 6) is 0. The number of aromatic amines is 2. The topological polar surface area (TPSA) is 69.4 Å². The molecule has 5 nitrogen and oxygen atoms in total. The molecule has 0 aliphatic rings. The molecular formula is C13H14ClN5. The van der Waals surface area contributed by atoms with Crippen LogP contribution in [0.1, 0.15) is 12.6 Å². The number of pyridine rings is 1. The Kier molecular flexibility index (Phi) is 2.91. The first-order valence-electron chi connectivity index (χ1n) is 6.12. The molecule has 19 heavy (non-hydrogen) atoms. The van der Waals surface area contributed by atoms with E-state index in [9.17, 15) is 0 Å². The summed E-state index contributed by atoms with van der Waals surface area (Å²) in [5.41, 5.74) is 4.81. The highest BCUT2D eigenvalue weighted by Gasteiger charge is 2.16. The molecule has 0 fully saturated rings. The lowest BCUT2D eigenvalue weighted by atomic mass is 10.1. The van der Waals surface area contributed by atoms with Crippen LogP contribution in [0.3, 0.4) is 0 Å². The van der Waals surface area contributed by atoms with Crippen molar-refractivity contribution >= 4 is 28.3 Å².